The number of hydrogen-bond acceptors (Lipinski definition) is 2. The predicted octanol–water partition coefficient (Wildman–Crippen LogP) is 5.59. The van der Waals surface area contributed by atoms with Crippen LogP contribution in [0.5, 0.6) is 0 Å². The van der Waals surface area contributed by atoms with E-state index < -0.39 is 41.7 Å². The summed E-state index contributed by atoms with van der Waals surface area (Å²) in [6.07, 6.45) is -7.37. The van der Waals surface area contributed by atoms with Crippen molar-refractivity contribution in [3.8, 4) is 0 Å². The standard InChI is InChI=1S/C15H10F11NO/c1-8-2-4-9(5-3-8)27-7-6-10(28)11(16,17)12(18,19)13(20,21)14(22,23)15(24,25)26/h2-7,27H,1H3/b7-6-. The molecule has 0 aliphatic carbocycles. The van der Waals surface area contributed by atoms with E-state index >= 15 is 0 Å². The van der Waals surface area contributed by atoms with Gasteiger partial charge in [-0.15, -0.1) is 0 Å². The minimum Gasteiger partial charge on any atom is -0.362 e. The topological polar surface area (TPSA) is 29.1 Å². The van der Waals surface area contributed by atoms with Crippen LogP contribution in [0, 0.1) is 6.92 Å². The Morgan fingerprint density at radius 2 is 1.25 bits per heavy atom. The average molecular weight is 429 g/mol. The Morgan fingerprint density at radius 3 is 1.68 bits per heavy atom. The number of halogens is 11. The van der Waals surface area contributed by atoms with Crippen LogP contribution < -0.4 is 5.32 Å². The van der Waals surface area contributed by atoms with Crippen molar-refractivity contribution >= 4 is 11.5 Å². The van der Waals surface area contributed by atoms with Crippen LogP contribution in [0.25, 0.3) is 0 Å². The summed E-state index contributed by atoms with van der Waals surface area (Å²) in [5.41, 5.74) is 0.892. The van der Waals surface area contributed by atoms with E-state index in [-0.39, 0.29) is 5.69 Å². The van der Waals surface area contributed by atoms with Gasteiger partial charge in [-0.1, -0.05) is 17.7 Å². The fourth-order valence-corrected chi connectivity index (χ4v) is 1.70. The predicted molar refractivity (Wildman–Crippen MR) is 74.8 cm³/mol. The highest BCUT2D eigenvalue weighted by atomic mass is 19.4. The molecule has 1 rings (SSSR count). The average Bonchev–Trinajstić information content (AvgIpc) is 2.54. The minimum absolute atomic E-state index is 0.138. The van der Waals surface area contributed by atoms with E-state index in [1.54, 1.807) is 6.92 Å². The molecule has 1 N–H and O–H groups in total. The van der Waals surface area contributed by atoms with Gasteiger partial charge in [-0.05, 0) is 19.1 Å². The molecule has 0 saturated heterocycles. The van der Waals surface area contributed by atoms with Gasteiger partial charge in [0, 0.05) is 18.0 Å². The van der Waals surface area contributed by atoms with Crippen molar-refractivity contribution in [3.05, 3.63) is 42.1 Å². The van der Waals surface area contributed by atoms with Crippen molar-refractivity contribution < 1.29 is 53.1 Å². The molecule has 158 valence electrons. The maximum Gasteiger partial charge on any atom is 0.460 e. The number of anilines is 1. The molecule has 1 aromatic carbocycles. The van der Waals surface area contributed by atoms with Crippen molar-refractivity contribution in [1.82, 2.24) is 0 Å². The number of allylic oxidation sites excluding steroid dienone is 1. The number of carbonyl (C=O) groups is 1. The summed E-state index contributed by atoms with van der Waals surface area (Å²) in [4.78, 5) is 11.2. The molecule has 0 atom stereocenters. The Bertz CT molecular complexity index is 735. The van der Waals surface area contributed by atoms with Crippen molar-refractivity contribution in [3.63, 3.8) is 0 Å². The van der Waals surface area contributed by atoms with Crippen LogP contribution in [-0.2, 0) is 4.79 Å². The third-order valence-electron chi connectivity index (χ3n) is 3.38. The maximum atomic E-state index is 13.4. The lowest BCUT2D eigenvalue weighted by molar-refractivity contribution is -0.416. The summed E-state index contributed by atoms with van der Waals surface area (Å²) in [5.74, 6) is -32.2. The van der Waals surface area contributed by atoms with Crippen molar-refractivity contribution in [2.45, 2.75) is 36.8 Å². The lowest BCUT2D eigenvalue weighted by Gasteiger charge is -2.36. The van der Waals surface area contributed by atoms with Crippen LogP contribution >= 0.6 is 0 Å². The Labute approximate surface area is 150 Å². The first kappa shape index (κ1) is 23.7. The number of ketones is 1. The van der Waals surface area contributed by atoms with Crippen molar-refractivity contribution in [2.24, 2.45) is 0 Å². The van der Waals surface area contributed by atoms with E-state index in [2.05, 4.69) is 5.32 Å². The number of hydrogen-bond donors (Lipinski definition) is 1. The second kappa shape index (κ2) is 7.24. The molecule has 0 aliphatic heterocycles. The zero-order valence-corrected chi connectivity index (χ0v) is 13.5. The van der Waals surface area contributed by atoms with E-state index in [1.807, 2.05) is 0 Å². The summed E-state index contributed by atoms with van der Waals surface area (Å²) in [5, 5.41) is 2.12. The minimum atomic E-state index is -7.62. The van der Waals surface area contributed by atoms with Crippen LogP contribution in [0.3, 0.4) is 0 Å². The van der Waals surface area contributed by atoms with E-state index in [1.165, 1.54) is 24.3 Å². The lowest BCUT2D eigenvalue weighted by atomic mass is 9.95. The van der Waals surface area contributed by atoms with Crippen LogP contribution in [0.1, 0.15) is 5.56 Å². The number of alkyl halides is 11. The zero-order valence-electron chi connectivity index (χ0n) is 13.5. The first-order valence-corrected chi connectivity index (χ1v) is 7.01. The number of rotatable bonds is 7. The van der Waals surface area contributed by atoms with Gasteiger partial charge in [-0.3, -0.25) is 4.79 Å². The molecular weight excluding hydrogens is 419 g/mol. The summed E-state index contributed by atoms with van der Waals surface area (Å²) in [7, 11) is 0. The zero-order chi connectivity index (χ0) is 22.2. The molecule has 0 bridgehead atoms. The highest BCUT2D eigenvalue weighted by Gasteiger charge is 2.88. The van der Waals surface area contributed by atoms with Crippen LogP contribution in [0.15, 0.2) is 36.5 Å². The second-order valence-corrected chi connectivity index (χ2v) is 5.50. The number of benzene rings is 1. The lowest BCUT2D eigenvalue weighted by Crippen LogP contribution is -2.67. The Balaban J connectivity index is 3.11. The molecule has 0 unspecified atom stereocenters. The normalized spacial score (nSPS) is 14.4. The number of aryl methyl sites for hydroxylation is 1. The molecule has 0 heterocycles. The Morgan fingerprint density at radius 1 is 0.786 bits per heavy atom. The van der Waals surface area contributed by atoms with Gasteiger partial charge < -0.3 is 5.32 Å². The molecule has 2 nitrogen and oxygen atoms in total. The van der Waals surface area contributed by atoms with Gasteiger partial charge in [-0.25, -0.2) is 0 Å². The van der Waals surface area contributed by atoms with E-state index in [0.29, 0.717) is 6.20 Å². The monoisotopic (exact) mass is 429 g/mol. The Kier molecular flexibility index (Phi) is 6.13. The maximum absolute atomic E-state index is 13.4. The smallest absolute Gasteiger partial charge is 0.362 e. The van der Waals surface area contributed by atoms with Gasteiger partial charge in [-0.2, -0.15) is 48.3 Å². The number of nitrogens with one attached hydrogen (secondary N) is 1. The molecule has 13 heteroatoms. The third-order valence-corrected chi connectivity index (χ3v) is 3.38. The van der Waals surface area contributed by atoms with Gasteiger partial charge in [0.05, 0.1) is 0 Å². The molecule has 28 heavy (non-hydrogen) atoms. The van der Waals surface area contributed by atoms with E-state index in [9.17, 15) is 53.1 Å². The molecule has 0 saturated carbocycles. The molecule has 0 fully saturated rings. The number of carbonyl (C=O) groups excluding carboxylic acids is 1. The van der Waals surface area contributed by atoms with Gasteiger partial charge in [0.25, 0.3) is 0 Å². The van der Waals surface area contributed by atoms with Crippen LogP contribution in [0.2, 0.25) is 0 Å². The van der Waals surface area contributed by atoms with Gasteiger partial charge in [0.15, 0.2) is 0 Å². The van der Waals surface area contributed by atoms with Crippen molar-refractivity contribution in [2.75, 3.05) is 5.32 Å². The first-order valence-electron chi connectivity index (χ1n) is 7.01. The molecule has 0 aromatic heterocycles. The molecule has 0 spiro atoms. The highest BCUT2D eigenvalue weighted by molar-refractivity contribution is 5.97. The third kappa shape index (κ3) is 3.92. The van der Waals surface area contributed by atoms with Gasteiger partial charge in [0.2, 0.25) is 5.78 Å². The highest BCUT2D eigenvalue weighted by Crippen LogP contribution is 2.57. The summed E-state index contributed by atoms with van der Waals surface area (Å²) >= 11 is 0. The SMILES string of the molecule is Cc1ccc(N/C=C\C(=O)C(F)(F)C(F)(F)C(F)(F)C(F)(F)C(F)(F)F)cc1. The van der Waals surface area contributed by atoms with Gasteiger partial charge >= 0.3 is 29.9 Å². The Hall–Kier alpha value is -2.34. The molecule has 1 aromatic rings. The van der Waals surface area contributed by atoms with Gasteiger partial charge in [0.1, 0.15) is 0 Å². The molecular formula is C15H10F11NO. The van der Waals surface area contributed by atoms with Crippen molar-refractivity contribution in [1.29, 1.82) is 0 Å². The summed E-state index contributed by atoms with van der Waals surface area (Å²) in [6.45, 7) is 1.67. The molecule has 0 radical (unpaired) electrons. The second-order valence-electron chi connectivity index (χ2n) is 5.50. The van der Waals surface area contributed by atoms with E-state index in [4.69, 9.17) is 0 Å². The quantitative estimate of drug-likeness (QED) is 0.452. The largest absolute Gasteiger partial charge is 0.460 e. The van der Waals surface area contributed by atoms with E-state index in [0.717, 1.165) is 5.56 Å². The van der Waals surface area contributed by atoms with Crippen LogP contribution in [-0.4, -0.2) is 35.6 Å². The summed E-state index contributed by atoms with van der Waals surface area (Å²) < 4.78 is 141. The molecule has 0 aliphatic rings. The first-order chi connectivity index (χ1) is 12.4. The van der Waals surface area contributed by atoms with Crippen LogP contribution in [0.4, 0.5) is 54.0 Å². The summed E-state index contributed by atoms with van der Waals surface area (Å²) in [6, 6.07) is 5.69. The molecule has 0 amide bonds. The fourth-order valence-electron chi connectivity index (χ4n) is 1.70. The fraction of sp³-hybridized carbons (Fsp3) is 0.400.